The number of aliphatic hydroxyl groups is 1. The molecule has 1 aliphatic carbocycles. The molecule has 1 saturated carbocycles. The summed E-state index contributed by atoms with van der Waals surface area (Å²) in [6.07, 6.45) is 7.46. The number of rotatable bonds is 4. The third-order valence-electron chi connectivity index (χ3n) is 3.67. The van der Waals surface area contributed by atoms with Crippen LogP contribution < -0.4 is 0 Å². The van der Waals surface area contributed by atoms with Crippen molar-refractivity contribution in [1.29, 1.82) is 0 Å². The van der Waals surface area contributed by atoms with E-state index in [0.717, 1.165) is 24.8 Å². The van der Waals surface area contributed by atoms with Crippen LogP contribution in [0.5, 0.6) is 0 Å². The highest BCUT2D eigenvalue weighted by atomic mass is 35.5. The van der Waals surface area contributed by atoms with Crippen molar-refractivity contribution in [2.24, 2.45) is 5.92 Å². The van der Waals surface area contributed by atoms with Gasteiger partial charge in [-0.15, -0.1) is 0 Å². The maximum atomic E-state index is 12.0. The topological polar surface area (TPSA) is 53.4 Å². The molecule has 108 valence electrons. The van der Waals surface area contributed by atoms with Gasteiger partial charge < -0.3 is 10.0 Å². The van der Waals surface area contributed by atoms with Gasteiger partial charge >= 0.3 is 0 Å². The van der Waals surface area contributed by atoms with Crippen LogP contribution in [0.15, 0.2) is 24.4 Å². The van der Waals surface area contributed by atoms with Crippen LogP contribution in [-0.2, 0) is 4.79 Å². The number of amides is 1. The normalized spacial score (nSPS) is 22.4. The highest BCUT2D eigenvalue weighted by molar-refractivity contribution is 6.29. The summed E-state index contributed by atoms with van der Waals surface area (Å²) in [6, 6.07) is 3.49. The van der Waals surface area contributed by atoms with Gasteiger partial charge in [0, 0.05) is 31.8 Å². The monoisotopic (exact) mass is 294 g/mol. The summed E-state index contributed by atoms with van der Waals surface area (Å²) in [7, 11) is 1.76. The number of aromatic nitrogens is 1. The zero-order valence-corrected chi connectivity index (χ0v) is 12.3. The fourth-order valence-electron chi connectivity index (χ4n) is 2.45. The third kappa shape index (κ3) is 4.05. The minimum Gasteiger partial charge on any atom is -0.393 e. The Morgan fingerprint density at radius 3 is 2.95 bits per heavy atom. The lowest BCUT2D eigenvalue weighted by atomic mass is 10.1. The Morgan fingerprint density at radius 2 is 2.35 bits per heavy atom. The third-order valence-corrected chi connectivity index (χ3v) is 3.90. The molecule has 1 N–H and O–H groups in total. The van der Waals surface area contributed by atoms with E-state index in [2.05, 4.69) is 4.98 Å². The Kier molecular flexibility index (Phi) is 5.15. The van der Waals surface area contributed by atoms with Gasteiger partial charge in [0.15, 0.2) is 0 Å². The van der Waals surface area contributed by atoms with Crippen molar-refractivity contribution < 1.29 is 9.90 Å². The predicted octanol–water partition coefficient (Wildman–Crippen LogP) is 2.37. The Balaban J connectivity index is 1.88. The van der Waals surface area contributed by atoms with E-state index in [0.29, 0.717) is 11.7 Å². The van der Waals surface area contributed by atoms with Crippen molar-refractivity contribution in [3.63, 3.8) is 0 Å². The molecule has 1 aromatic heterocycles. The molecule has 5 heteroatoms. The van der Waals surface area contributed by atoms with E-state index in [1.54, 1.807) is 36.4 Å². The molecule has 20 heavy (non-hydrogen) atoms. The Hall–Kier alpha value is -1.39. The first kappa shape index (κ1) is 15.0. The second kappa shape index (κ2) is 6.86. The van der Waals surface area contributed by atoms with Crippen LogP contribution in [-0.4, -0.2) is 40.6 Å². The lowest BCUT2D eigenvalue weighted by Crippen LogP contribution is -2.33. The van der Waals surface area contributed by atoms with Gasteiger partial charge in [0.25, 0.3) is 0 Å². The Labute approximate surface area is 124 Å². The molecule has 1 fully saturated rings. The number of aliphatic hydroxyl groups excluding tert-OH is 1. The maximum absolute atomic E-state index is 12.0. The van der Waals surface area contributed by atoms with E-state index in [-0.39, 0.29) is 17.9 Å². The van der Waals surface area contributed by atoms with Crippen LogP contribution in [0.3, 0.4) is 0 Å². The fraction of sp³-hybridized carbons (Fsp3) is 0.467. The molecule has 2 rings (SSSR count). The van der Waals surface area contributed by atoms with Crippen molar-refractivity contribution in [3.05, 3.63) is 35.1 Å². The molecule has 0 aliphatic heterocycles. The standard InChI is InChI=1S/C15H19ClN2O2/c1-18(10-12-3-2-4-13(12)19)15(20)8-6-11-5-7-14(16)17-9-11/h5-9,12-13,19H,2-4,10H2,1H3/b8-6+. The molecule has 1 aromatic rings. The van der Waals surface area contributed by atoms with Crippen molar-refractivity contribution >= 4 is 23.6 Å². The molecule has 0 bridgehead atoms. The molecule has 0 spiro atoms. The zero-order chi connectivity index (χ0) is 14.5. The zero-order valence-electron chi connectivity index (χ0n) is 11.5. The number of halogens is 1. The van der Waals surface area contributed by atoms with Gasteiger partial charge in [0.2, 0.25) is 5.91 Å². The van der Waals surface area contributed by atoms with Gasteiger partial charge in [-0.3, -0.25) is 4.79 Å². The number of nitrogens with zero attached hydrogens (tertiary/aromatic N) is 2. The molecule has 0 aromatic carbocycles. The van der Waals surface area contributed by atoms with Gasteiger partial charge in [-0.25, -0.2) is 4.98 Å². The average Bonchev–Trinajstić information content (AvgIpc) is 2.83. The van der Waals surface area contributed by atoms with E-state index in [1.165, 1.54) is 6.08 Å². The molecule has 2 atom stereocenters. The number of likely N-dealkylation sites (N-methyl/N-ethyl adjacent to an activating group) is 1. The lowest BCUT2D eigenvalue weighted by molar-refractivity contribution is -0.125. The lowest BCUT2D eigenvalue weighted by Gasteiger charge is -2.22. The first-order valence-corrected chi connectivity index (χ1v) is 7.17. The number of pyridine rings is 1. The van der Waals surface area contributed by atoms with Crippen LogP contribution >= 0.6 is 11.6 Å². The summed E-state index contributed by atoms with van der Waals surface area (Å²) in [4.78, 5) is 17.6. The van der Waals surface area contributed by atoms with Crippen molar-refractivity contribution in [1.82, 2.24) is 9.88 Å². The number of hydrogen-bond donors (Lipinski definition) is 1. The summed E-state index contributed by atoms with van der Waals surface area (Å²) in [5, 5.41) is 10.2. The maximum Gasteiger partial charge on any atom is 0.246 e. The molecular formula is C15H19ClN2O2. The molecule has 0 radical (unpaired) electrons. The molecule has 4 nitrogen and oxygen atoms in total. The van der Waals surface area contributed by atoms with Crippen LogP contribution in [0.25, 0.3) is 6.08 Å². The van der Waals surface area contributed by atoms with Gasteiger partial charge in [0.05, 0.1) is 6.10 Å². The minimum atomic E-state index is -0.269. The van der Waals surface area contributed by atoms with Crippen LogP contribution in [0.2, 0.25) is 5.15 Å². The second-order valence-corrected chi connectivity index (χ2v) is 5.61. The van der Waals surface area contributed by atoms with E-state index < -0.39 is 0 Å². The van der Waals surface area contributed by atoms with E-state index in [9.17, 15) is 9.90 Å². The molecule has 0 saturated heterocycles. The second-order valence-electron chi connectivity index (χ2n) is 5.22. The largest absolute Gasteiger partial charge is 0.393 e. The predicted molar refractivity (Wildman–Crippen MR) is 79.3 cm³/mol. The van der Waals surface area contributed by atoms with Crippen LogP contribution in [0.1, 0.15) is 24.8 Å². The smallest absolute Gasteiger partial charge is 0.246 e. The number of carbonyl (C=O) groups excluding carboxylic acids is 1. The first-order valence-electron chi connectivity index (χ1n) is 6.79. The quantitative estimate of drug-likeness (QED) is 0.685. The molecule has 1 heterocycles. The highest BCUT2D eigenvalue weighted by Crippen LogP contribution is 2.26. The molecule has 1 aliphatic rings. The minimum absolute atomic E-state index is 0.0703. The van der Waals surface area contributed by atoms with Gasteiger partial charge in [-0.05, 0) is 30.5 Å². The molecule has 1 amide bonds. The Morgan fingerprint density at radius 1 is 1.55 bits per heavy atom. The summed E-state index contributed by atoms with van der Waals surface area (Å²) in [6.45, 7) is 0.600. The van der Waals surface area contributed by atoms with E-state index >= 15 is 0 Å². The Bertz CT molecular complexity index is 487. The van der Waals surface area contributed by atoms with Crippen molar-refractivity contribution in [2.45, 2.75) is 25.4 Å². The average molecular weight is 295 g/mol. The van der Waals surface area contributed by atoms with Crippen LogP contribution in [0, 0.1) is 5.92 Å². The van der Waals surface area contributed by atoms with Gasteiger partial charge in [-0.2, -0.15) is 0 Å². The van der Waals surface area contributed by atoms with Gasteiger partial charge in [-0.1, -0.05) is 24.1 Å². The van der Waals surface area contributed by atoms with Crippen molar-refractivity contribution in [3.8, 4) is 0 Å². The summed E-state index contributed by atoms with van der Waals surface area (Å²) < 4.78 is 0. The first-order chi connectivity index (χ1) is 9.56. The van der Waals surface area contributed by atoms with E-state index in [4.69, 9.17) is 11.6 Å². The molecular weight excluding hydrogens is 276 g/mol. The van der Waals surface area contributed by atoms with Crippen molar-refractivity contribution in [2.75, 3.05) is 13.6 Å². The van der Waals surface area contributed by atoms with Gasteiger partial charge in [0.1, 0.15) is 5.15 Å². The summed E-state index contributed by atoms with van der Waals surface area (Å²) in [5.74, 6) is 0.133. The van der Waals surface area contributed by atoms with Crippen LogP contribution in [0.4, 0.5) is 0 Å². The number of carbonyl (C=O) groups is 1. The number of hydrogen-bond acceptors (Lipinski definition) is 3. The van der Waals surface area contributed by atoms with E-state index in [1.807, 2.05) is 0 Å². The summed E-state index contributed by atoms with van der Waals surface area (Å²) >= 11 is 5.70. The fourth-order valence-corrected chi connectivity index (χ4v) is 2.56. The highest BCUT2D eigenvalue weighted by Gasteiger charge is 2.26. The molecule has 2 unspecified atom stereocenters. The summed E-state index contributed by atoms with van der Waals surface area (Å²) in [5.41, 5.74) is 0.831. The SMILES string of the molecule is CN(CC1CCCC1O)C(=O)/C=C/c1ccc(Cl)nc1.